The minimum Gasteiger partial charge on any atom is -0.756 e. The zero-order valence-corrected chi connectivity index (χ0v) is 57.0. The highest BCUT2D eigenvalue weighted by Gasteiger charge is 2.27. The first-order valence-electron chi connectivity index (χ1n) is 35.7. The molecule has 490 valence electrons. The van der Waals surface area contributed by atoms with Crippen LogP contribution in [0, 0.1) is 0 Å². The van der Waals surface area contributed by atoms with Crippen molar-refractivity contribution in [3.8, 4) is 0 Å². The average molecular weight is 1200 g/mol. The fraction of sp³-hybridized carbons (Fsp3) is 0.811. The van der Waals surface area contributed by atoms with E-state index < -0.39 is 20.0 Å². The van der Waals surface area contributed by atoms with E-state index >= 15 is 0 Å². The Morgan fingerprint density at radius 3 is 1.11 bits per heavy atom. The maximum Gasteiger partial charge on any atom is 0.306 e. The first-order chi connectivity index (χ1) is 40.9. The molecule has 9 nitrogen and oxygen atoms in total. The summed E-state index contributed by atoms with van der Waals surface area (Å²) in [7, 11) is 1.19. The van der Waals surface area contributed by atoms with E-state index in [1.54, 1.807) is 0 Å². The summed E-state index contributed by atoms with van der Waals surface area (Å²) in [6.07, 6.45) is 83.0. The van der Waals surface area contributed by atoms with Gasteiger partial charge in [0, 0.05) is 12.8 Å². The van der Waals surface area contributed by atoms with Crippen LogP contribution in [-0.2, 0) is 27.9 Å². The van der Waals surface area contributed by atoms with E-state index in [1.807, 2.05) is 33.3 Å². The van der Waals surface area contributed by atoms with Crippen LogP contribution >= 0.6 is 7.82 Å². The van der Waals surface area contributed by atoms with Crippen LogP contribution in [0.25, 0.3) is 0 Å². The van der Waals surface area contributed by atoms with Gasteiger partial charge in [-0.05, 0) is 102 Å². The predicted molar refractivity (Wildman–Crippen MR) is 362 cm³/mol. The molecule has 0 spiro atoms. The molecule has 0 saturated heterocycles. The highest BCUT2D eigenvalue weighted by molar-refractivity contribution is 7.45. The Kier molecular flexibility index (Phi) is 61.5. The number of amides is 1. The zero-order valence-electron chi connectivity index (χ0n) is 56.1. The van der Waals surface area contributed by atoms with Gasteiger partial charge in [-0.25, -0.2) is 0 Å². The number of nitrogens with one attached hydrogen (secondary N) is 1. The highest BCUT2D eigenvalue weighted by atomic mass is 31.2. The van der Waals surface area contributed by atoms with Crippen molar-refractivity contribution in [2.45, 2.75) is 348 Å². The van der Waals surface area contributed by atoms with Crippen LogP contribution < -0.4 is 10.2 Å². The van der Waals surface area contributed by atoms with E-state index in [0.717, 1.165) is 77.0 Å². The minimum atomic E-state index is -4.71. The molecule has 0 aliphatic carbocycles. The second-order valence-electron chi connectivity index (χ2n) is 25.4. The van der Waals surface area contributed by atoms with E-state index in [2.05, 4.69) is 86.8 Å². The van der Waals surface area contributed by atoms with E-state index in [4.69, 9.17) is 13.8 Å². The molecule has 0 fully saturated rings. The molecule has 0 bridgehead atoms. The van der Waals surface area contributed by atoms with Gasteiger partial charge in [-0.1, -0.05) is 293 Å². The van der Waals surface area contributed by atoms with Crippen LogP contribution in [-0.4, -0.2) is 69.4 Å². The van der Waals surface area contributed by atoms with Crippen LogP contribution in [0.15, 0.2) is 72.9 Å². The standard InChI is InChI=1S/C74H137N2O7P/c1-7-10-13-16-19-22-25-28-30-32-34-36-37-38-39-41-42-44-46-48-51-54-57-60-63-66-73(77)75-71(70-82-84(79,80)81-69-68-76(4,5)6)72(65-62-59-56-53-50-27-24-21-18-15-12-9-3)83-74(78)67-64-61-58-55-52-49-47-45-43-40-35-33-31-29-26-23-20-17-14-11-8-2/h19-20,22-23,28-31,34,36,62,65,71-72H,7-18,21,24-27,32-33,35,37-61,63-64,66-70H2,1-6H3,(H-,75,77,79,80)/b22-19-,23-20-,30-28-,31-29-,36-34-,65-62-. The Hall–Kier alpha value is -2.55. The smallest absolute Gasteiger partial charge is 0.306 e. The quantitative estimate of drug-likeness (QED) is 0.0212. The number of ether oxygens (including phenoxy) is 1. The Balaban J connectivity index is 5.06. The van der Waals surface area contributed by atoms with Gasteiger partial charge in [0.2, 0.25) is 5.91 Å². The molecule has 0 aromatic heterocycles. The number of carbonyl (C=O) groups is 2. The number of allylic oxidation sites excluding steroid dienone is 11. The molecular formula is C74H137N2O7P. The summed E-state index contributed by atoms with van der Waals surface area (Å²) < 4.78 is 30.5. The molecule has 3 atom stereocenters. The van der Waals surface area contributed by atoms with Gasteiger partial charge in [0.1, 0.15) is 19.3 Å². The maximum absolute atomic E-state index is 13.6. The van der Waals surface area contributed by atoms with E-state index in [1.165, 1.54) is 225 Å². The van der Waals surface area contributed by atoms with Gasteiger partial charge in [-0.2, -0.15) is 0 Å². The molecular weight excluding hydrogens is 1060 g/mol. The Bertz CT molecular complexity index is 1670. The van der Waals surface area contributed by atoms with Gasteiger partial charge in [0.25, 0.3) is 7.82 Å². The van der Waals surface area contributed by atoms with Crippen molar-refractivity contribution in [2.24, 2.45) is 0 Å². The lowest BCUT2D eigenvalue weighted by Crippen LogP contribution is -2.47. The van der Waals surface area contributed by atoms with Gasteiger partial charge >= 0.3 is 5.97 Å². The van der Waals surface area contributed by atoms with Crippen LogP contribution in [0.3, 0.4) is 0 Å². The normalized spacial score (nSPS) is 13.9. The number of unbranched alkanes of at least 4 members (excludes halogenated alkanes) is 39. The topological polar surface area (TPSA) is 114 Å². The number of hydrogen-bond donors (Lipinski definition) is 1. The minimum absolute atomic E-state index is 0.0239. The first-order valence-corrected chi connectivity index (χ1v) is 37.2. The van der Waals surface area contributed by atoms with Crippen molar-refractivity contribution in [3.63, 3.8) is 0 Å². The van der Waals surface area contributed by atoms with Crippen LogP contribution in [0.2, 0.25) is 0 Å². The van der Waals surface area contributed by atoms with Crippen molar-refractivity contribution >= 4 is 19.7 Å². The molecule has 0 aromatic carbocycles. The molecule has 0 saturated carbocycles. The average Bonchev–Trinajstić information content (AvgIpc) is 3.64. The number of esters is 1. The van der Waals surface area contributed by atoms with Crippen molar-refractivity contribution in [1.29, 1.82) is 0 Å². The number of carbonyl (C=O) groups excluding carboxylic acids is 2. The van der Waals surface area contributed by atoms with Crippen molar-refractivity contribution in [1.82, 2.24) is 5.32 Å². The maximum atomic E-state index is 13.6. The lowest BCUT2D eigenvalue weighted by molar-refractivity contribution is -0.870. The number of likely N-dealkylation sites (N-methyl/N-ethyl adjacent to an activating group) is 1. The van der Waals surface area contributed by atoms with Gasteiger partial charge in [0.15, 0.2) is 0 Å². The summed E-state index contributed by atoms with van der Waals surface area (Å²) in [5.41, 5.74) is 0. The highest BCUT2D eigenvalue weighted by Crippen LogP contribution is 2.38. The zero-order chi connectivity index (χ0) is 61.4. The third kappa shape index (κ3) is 63.9. The summed E-state index contributed by atoms with van der Waals surface area (Å²) in [4.78, 5) is 40.2. The molecule has 0 aliphatic rings. The lowest BCUT2D eigenvalue weighted by Gasteiger charge is -2.30. The number of nitrogens with zero attached hydrogens (tertiary/aromatic N) is 1. The Morgan fingerprint density at radius 2 is 0.726 bits per heavy atom. The molecule has 3 unspecified atom stereocenters. The Labute approximate surface area is 521 Å². The SMILES string of the molecule is CCCCC/C=C\C/C=C\C/C=C\CCCCCCCCCCCCCCC(=O)NC(COP(=O)([O-])OCC[N+](C)(C)C)C(/C=C\CCCCCCCCCCCC)OC(=O)CCCCCCCCCCCCC/C=C\C/C=C\CCCCC. The largest absolute Gasteiger partial charge is 0.756 e. The van der Waals surface area contributed by atoms with Crippen LogP contribution in [0.4, 0.5) is 0 Å². The van der Waals surface area contributed by atoms with Crippen molar-refractivity contribution < 1.29 is 37.3 Å². The molecule has 1 N–H and O–H groups in total. The second-order valence-corrected chi connectivity index (χ2v) is 26.8. The fourth-order valence-corrected chi connectivity index (χ4v) is 11.0. The number of phosphoric ester groups is 1. The molecule has 0 rings (SSSR count). The molecule has 10 heteroatoms. The van der Waals surface area contributed by atoms with E-state index in [0.29, 0.717) is 17.4 Å². The molecule has 0 heterocycles. The van der Waals surface area contributed by atoms with Crippen molar-refractivity contribution in [2.75, 3.05) is 40.9 Å². The summed E-state index contributed by atoms with van der Waals surface area (Å²) in [6.45, 7) is 6.82. The monoisotopic (exact) mass is 1200 g/mol. The summed E-state index contributed by atoms with van der Waals surface area (Å²) in [5.74, 6) is -0.536. The summed E-state index contributed by atoms with van der Waals surface area (Å²) in [6, 6.07) is -0.893. The number of phosphoric acid groups is 1. The van der Waals surface area contributed by atoms with Gasteiger partial charge in [-0.15, -0.1) is 0 Å². The predicted octanol–water partition coefficient (Wildman–Crippen LogP) is 22.1. The van der Waals surface area contributed by atoms with Crippen molar-refractivity contribution in [3.05, 3.63) is 72.9 Å². The Morgan fingerprint density at radius 1 is 0.417 bits per heavy atom. The fourth-order valence-electron chi connectivity index (χ4n) is 10.3. The van der Waals surface area contributed by atoms with Gasteiger partial charge in [-0.3, -0.25) is 14.2 Å². The third-order valence-corrected chi connectivity index (χ3v) is 16.8. The molecule has 1 amide bonds. The van der Waals surface area contributed by atoms with Gasteiger partial charge in [0.05, 0.1) is 33.8 Å². The van der Waals surface area contributed by atoms with Crippen LogP contribution in [0.1, 0.15) is 335 Å². The molecule has 0 radical (unpaired) electrons. The van der Waals surface area contributed by atoms with Gasteiger partial charge < -0.3 is 28.5 Å². The first kappa shape index (κ1) is 81.5. The van der Waals surface area contributed by atoms with E-state index in [-0.39, 0.29) is 31.5 Å². The number of quaternary nitrogens is 1. The van der Waals surface area contributed by atoms with Crippen LogP contribution in [0.5, 0.6) is 0 Å². The second kappa shape index (κ2) is 63.5. The molecule has 0 aliphatic heterocycles. The third-order valence-electron chi connectivity index (χ3n) is 15.9. The summed E-state index contributed by atoms with van der Waals surface area (Å²) >= 11 is 0. The lowest BCUT2D eigenvalue weighted by atomic mass is 10.0. The van der Waals surface area contributed by atoms with E-state index in [9.17, 15) is 19.0 Å². The number of rotatable bonds is 65. The molecule has 84 heavy (non-hydrogen) atoms. The molecule has 0 aromatic rings. The summed E-state index contributed by atoms with van der Waals surface area (Å²) in [5, 5.41) is 3.05. The number of hydrogen-bond acceptors (Lipinski definition) is 7.